The van der Waals surface area contributed by atoms with Gasteiger partial charge in [0, 0.05) is 37.4 Å². The first-order valence-corrected chi connectivity index (χ1v) is 7.54. The number of rotatable bonds is 4. The Morgan fingerprint density at radius 2 is 2.41 bits per heavy atom. The lowest BCUT2D eigenvalue weighted by molar-refractivity contribution is -0.00712. The van der Waals surface area contributed by atoms with Crippen molar-refractivity contribution in [2.24, 2.45) is 0 Å². The molecular formula is C16H20N4O2. The minimum atomic E-state index is -0.0530. The first kappa shape index (κ1) is 14.7. The molecule has 2 aromatic rings. The first-order chi connectivity index (χ1) is 10.7. The Hall–Kier alpha value is -2.21. The standard InChI is InChI=1S/C16H20N4O2/c1-12-8-18-15(19-12)16(21)20-7-3-5-14(10-20)22-11-13-4-2-6-17-9-13/h2,4,6,8-9,14H,3,5,7,10-11H2,1H3,(H,18,19). The second-order valence-electron chi connectivity index (χ2n) is 5.60. The molecule has 22 heavy (non-hydrogen) atoms. The van der Waals surface area contributed by atoms with Crippen molar-refractivity contribution in [2.75, 3.05) is 13.1 Å². The number of aryl methyl sites for hydroxylation is 1. The van der Waals surface area contributed by atoms with Gasteiger partial charge in [0.1, 0.15) is 0 Å². The van der Waals surface area contributed by atoms with Crippen LogP contribution in [-0.2, 0) is 11.3 Å². The number of nitrogens with one attached hydrogen (secondary N) is 1. The first-order valence-electron chi connectivity index (χ1n) is 7.54. The van der Waals surface area contributed by atoms with Crippen LogP contribution >= 0.6 is 0 Å². The normalized spacial score (nSPS) is 18.4. The molecule has 1 unspecified atom stereocenters. The topological polar surface area (TPSA) is 71.1 Å². The Balaban J connectivity index is 1.56. The molecule has 0 aromatic carbocycles. The maximum absolute atomic E-state index is 12.4. The fraction of sp³-hybridized carbons (Fsp3) is 0.438. The van der Waals surface area contributed by atoms with Gasteiger partial charge in [0.25, 0.3) is 5.91 Å². The van der Waals surface area contributed by atoms with Crippen molar-refractivity contribution in [1.29, 1.82) is 0 Å². The maximum Gasteiger partial charge on any atom is 0.289 e. The number of aromatic nitrogens is 3. The molecule has 0 saturated carbocycles. The number of nitrogens with zero attached hydrogens (tertiary/aromatic N) is 3. The van der Waals surface area contributed by atoms with E-state index in [2.05, 4.69) is 15.0 Å². The number of ether oxygens (including phenoxy) is 1. The SMILES string of the molecule is Cc1cnc(C(=O)N2CCCC(OCc3cccnc3)C2)[nH]1. The van der Waals surface area contributed by atoms with Gasteiger partial charge in [-0.25, -0.2) is 4.98 Å². The zero-order valence-corrected chi connectivity index (χ0v) is 12.7. The van der Waals surface area contributed by atoms with Crippen LogP contribution in [0.1, 0.15) is 34.7 Å². The molecule has 116 valence electrons. The van der Waals surface area contributed by atoms with Gasteiger partial charge in [0.05, 0.1) is 12.7 Å². The Morgan fingerprint density at radius 3 is 3.14 bits per heavy atom. The third kappa shape index (κ3) is 3.51. The number of aromatic amines is 1. The quantitative estimate of drug-likeness (QED) is 0.936. The molecule has 1 N–H and O–H groups in total. The molecule has 3 rings (SSSR count). The molecule has 6 heteroatoms. The van der Waals surface area contributed by atoms with E-state index in [0.29, 0.717) is 19.0 Å². The van der Waals surface area contributed by atoms with E-state index in [1.165, 1.54) is 0 Å². The highest BCUT2D eigenvalue weighted by molar-refractivity contribution is 5.90. The summed E-state index contributed by atoms with van der Waals surface area (Å²) in [6, 6.07) is 3.89. The second kappa shape index (κ2) is 6.70. The van der Waals surface area contributed by atoms with E-state index in [0.717, 1.165) is 30.6 Å². The van der Waals surface area contributed by atoms with Gasteiger partial charge in [-0.15, -0.1) is 0 Å². The summed E-state index contributed by atoms with van der Waals surface area (Å²) in [7, 11) is 0. The van der Waals surface area contributed by atoms with Crippen molar-refractivity contribution in [2.45, 2.75) is 32.5 Å². The number of amides is 1. The van der Waals surface area contributed by atoms with Crippen molar-refractivity contribution >= 4 is 5.91 Å². The van der Waals surface area contributed by atoms with Gasteiger partial charge in [-0.1, -0.05) is 6.07 Å². The van der Waals surface area contributed by atoms with Crippen molar-refractivity contribution in [3.05, 3.63) is 47.8 Å². The van der Waals surface area contributed by atoms with E-state index < -0.39 is 0 Å². The molecule has 1 amide bonds. The molecule has 1 aliphatic rings. The summed E-state index contributed by atoms with van der Waals surface area (Å²) < 4.78 is 5.93. The van der Waals surface area contributed by atoms with Gasteiger partial charge in [-0.05, 0) is 31.4 Å². The highest BCUT2D eigenvalue weighted by atomic mass is 16.5. The number of hydrogen-bond acceptors (Lipinski definition) is 4. The Kier molecular flexibility index (Phi) is 4.48. The number of likely N-dealkylation sites (tertiary alicyclic amines) is 1. The fourth-order valence-electron chi connectivity index (χ4n) is 2.63. The average Bonchev–Trinajstić information content (AvgIpc) is 3.00. The number of pyridine rings is 1. The van der Waals surface area contributed by atoms with E-state index in [1.54, 1.807) is 18.6 Å². The lowest BCUT2D eigenvalue weighted by Gasteiger charge is -2.32. The number of carbonyl (C=O) groups excluding carboxylic acids is 1. The van der Waals surface area contributed by atoms with E-state index in [1.807, 2.05) is 24.0 Å². The number of H-pyrrole nitrogens is 1. The van der Waals surface area contributed by atoms with E-state index in [-0.39, 0.29) is 12.0 Å². The van der Waals surface area contributed by atoms with Crippen LogP contribution in [-0.4, -0.2) is 45.0 Å². The summed E-state index contributed by atoms with van der Waals surface area (Å²) in [5.41, 5.74) is 1.94. The molecule has 2 aromatic heterocycles. The van der Waals surface area contributed by atoms with Crippen LogP contribution < -0.4 is 0 Å². The van der Waals surface area contributed by atoms with E-state index in [4.69, 9.17) is 4.74 Å². The van der Waals surface area contributed by atoms with Crippen molar-refractivity contribution in [1.82, 2.24) is 19.9 Å². The minimum Gasteiger partial charge on any atom is -0.372 e. The van der Waals surface area contributed by atoms with Gasteiger partial charge in [-0.3, -0.25) is 9.78 Å². The third-order valence-electron chi connectivity index (χ3n) is 3.78. The van der Waals surface area contributed by atoms with Crippen LogP contribution in [0.3, 0.4) is 0 Å². The Morgan fingerprint density at radius 1 is 1.50 bits per heavy atom. The highest BCUT2D eigenvalue weighted by Gasteiger charge is 2.26. The Labute approximate surface area is 129 Å². The Bertz CT molecular complexity index is 626. The van der Waals surface area contributed by atoms with Gasteiger partial charge < -0.3 is 14.6 Å². The molecule has 0 bridgehead atoms. The van der Waals surface area contributed by atoms with Gasteiger partial charge in [0.2, 0.25) is 0 Å². The monoisotopic (exact) mass is 300 g/mol. The predicted octanol–water partition coefficient (Wildman–Crippen LogP) is 1.93. The smallest absolute Gasteiger partial charge is 0.289 e. The zero-order valence-electron chi connectivity index (χ0n) is 12.7. The zero-order chi connectivity index (χ0) is 15.4. The average molecular weight is 300 g/mol. The molecule has 0 radical (unpaired) electrons. The predicted molar refractivity (Wildman–Crippen MR) is 81.3 cm³/mol. The number of piperidine rings is 1. The summed E-state index contributed by atoms with van der Waals surface area (Å²) >= 11 is 0. The van der Waals surface area contributed by atoms with Crippen LogP contribution in [0.15, 0.2) is 30.7 Å². The van der Waals surface area contributed by atoms with E-state index in [9.17, 15) is 4.79 Å². The fourth-order valence-corrected chi connectivity index (χ4v) is 2.63. The second-order valence-corrected chi connectivity index (χ2v) is 5.60. The van der Waals surface area contributed by atoms with Crippen molar-refractivity contribution < 1.29 is 9.53 Å². The van der Waals surface area contributed by atoms with Gasteiger partial charge in [0.15, 0.2) is 5.82 Å². The van der Waals surface area contributed by atoms with Gasteiger partial charge in [-0.2, -0.15) is 0 Å². The van der Waals surface area contributed by atoms with Gasteiger partial charge >= 0.3 is 0 Å². The van der Waals surface area contributed by atoms with Crippen molar-refractivity contribution in [3.63, 3.8) is 0 Å². The minimum absolute atomic E-state index is 0.0530. The van der Waals surface area contributed by atoms with Crippen LogP contribution in [0, 0.1) is 6.92 Å². The van der Waals surface area contributed by atoms with E-state index >= 15 is 0 Å². The number of carbonyl (C=O) groups is 1. The van der Waals surface area contributed by atoms with Crippen LogP contribution in [0.4, 0.5) is 0 Å². The summed E-state index contributed by atoms with van der Waals surface area (Å²) in [6.07, 6.45) is 7.21. The lowest BCUT2D eigenvalue weighted by Crippen LogP contribution is -2.43. The van der Waals surface area contributed by atoms with Crippen molar-refractivity contribution in [3.8, 4) is 0 Å². The molecule has 1 fully saturated rings. The van der Waals surface area contributed by atoms with Crippen LogP contribution in [0.2, 0.25) is 0 Å². The summed E-state index contributed by atoms with van der Waals surface area (Å²) in [5.74, 6) is 0.355. The summed E-state index contributed by atoms with van der Waals surface area (Å²) in [6.45, 7) is 3.78. The lowest BCUT2D eigenvalue weighted by atomic mass is 10.1. The summed E-state index contributed by atoms with van der Waals surface area (Å²) in [4.78, 5) is 25.4. The molecule has 3 heterocycles. The molecule has 1 saturated heterocycles. The number of imidazole rings is 1. The van der Waals surface area contributed by atoms with Crippen LogP contribution in [0.5, 0.6) is 0 Å². The third-order valence-corrected chi connectivity index (χ3v) is 3.78. The maximum atomic E-state index is 12.4. The molecule has 1 aliphatic heterocycles. The molecule has 6 nitrogen and oxygen atoms in total. The highest BCUT2D eigenvalue weighted by Crippen LogP contribution is 2.16. The molecule has 0 spiro atoms. The molecular weight excluding hydrogens is 280 g/mol. The molecule has 1 atom stereocenters. The largest absolute Gasteiger partial charge is 0.372 e. The summed E-state index contributed by atoms with van der Waals surface area (Å²) in [5, 5.41) is 0. The molecule has 0 aliphatic carbocycles. The number of hydrogen-bond donors (Lipinski definition) is 1. The van der Waals surface area contributed by atoms with Crippen LogP contribution in [0.25, 0.3) is 0 Å².